The quantitative estimate of drug-likeness (QED) is 0.760. The van der Waals surface area contributed by atoms with Crippen LogP contribution in [-0.2, 0) is 9.59 Å². The molecule has 1 N–H and O–H groups in total. The van der Waals surface area contributed by atoms with E-state index >= 15 is 0 Å². The molecular formula is C9H16O3S2. The Kier molecular flexibility index (Phi) is 8.32. The van der Waals surface area contributed by atoms with Crippen LogP contribution in [0.25, 0.3) is 0 Å². The van der Waals surface area contributed by atoms with Crippen LogP contribution in [0.1, 0.15) is 26.7 Å². The summed E-state index contributed by atoms with van der Waals surface area (Å²) in [6.07, 6.45) is 0.961. The van der Waals surface area contributed by atoms with Crippen LogP contribution in [0.5, 0.6) is 0 Å². The van der Waals surface area contributed by atoms with Crippen molar-refractivity contribution in [3.05, 3.63) is 0 Å². The van der Waals surface area contributed by atoms with Crippen LogP contribution in [0.4, 0.5) is 0 Å². The number of hydrogen-bond donors (Lipinski definition) is 1. The molecule has 0 spiro atoms. The lowest BCUT2D eigenvalue weighted by atomic mass is 10.5. The van der Waals surface area contributed by atoms with Gasteiger partial charge in [0.2, 0.25) is 0 Å². The van der Waals surface area contributed by atoms with Gasteiger partial charge < -0.3 is 5.11 Å². The lowest BCUT2D eigenvalue weighted by Crippen LogP contribution is -2.15. The molecule has 0 unspecified atom stereocenters. The molecular weight excluding hydrogens is 220 g/mol. The molecule has 0 saturated carbocycles. The Labute approximate surface area is 93.0 Å². The zero-order valence-electron chi connectivity index (χ0n) is 8.49. The molecule has 5 heteroatoms. The molecule has 3 nitrogen and oxygen atoms in total. The van der Waals surface area contributed by atoms with Crippen LogP contribution in [0.15, 0.2) is 0 Å². The first-order valence-electron chi connectivity index (χ1n) is 4.59. The highest BCUT2D eigenvalue weighted by Gasteiger charge is 2.14. The fourth-order valence-electron chi connectivity index (χ4n) is 0.681. The summed E-state index contributed by atoms with van der Waals surface area (Å²) in [4.78, 5) is 22.0. The third-order valence-electron chi connectivity index (χ3n) is 1.51. The van der Waals surface area contributed by atoms with Gasteiger partial charge in [0.15, 0.2) is 10.2 Å². The van der Waals surface area contributed by atoms with E-state index < -0.39 is 0 Å². The van der Waals surface area contributed by atoms with Crippen LogP contribution < -0.4 is 0 Å². The Morgan fingerprint density at radius 3 is 2.21 bits per heavy atom. The number of carbonyl (C=O) groups is 2. The number of thioether (sulfide) groups is 2. The van der Waals surface area contributed by atoms with Gasteiger partial charge in [-0.25, -0.2) is 0 Å². The minimum Gasteiger partial charge on any atom is -0.395 e. The van der Waals surface area contributed by atoms with Gasteiger partial charge in [0.05, 0.1) is 6.61 Å². The normalized spacial score (nSPS) is 12.5. The lowest BCUT2D eigenvalue weighted by molar-refractivity contribution is -0.111. The maximum absolute atomic E-state index is 11.1. The minimum atomic E-state index is -0.150. The Balaban J connectivity index is 3.79. The molecule has 0 bridgehead atoms. The zero-order chi connectivity index (χ0) is 11.0. The van der Waals surface area contributed by atoms with Crippen molar-refractivity contribution in [2.45, 2.75) is 31.9 Å². The van der Waals surface area contributed by atoms with Gasteiger partial charge in [-0.2, -0.15) is 0 Å². The van der Waals surface area contributed by atoms with Gasteiger partial charge in [-0.1, -0.05) is 37.4 Å². The van der Waals surface area contributed by atoms with Gasteiger partial charge in [-0.05, 0) is 0 Å². The number of aliphatic hydroxyl groups is 1. The first-order chi connectivity index (χ1) is 6.63. The Bertz CT molecular complexity index is 194. The fraction of sp³-hybridized carbons (Fsp3) is 0.778. The molecule has 1 atom stereocenters. The van der Waals surface area contributed by atoms with Crippen molar-refractivity contribution in [1.29, 1.82) is 0 Å². The zero-order valence-corrected chi connectivity index (χ0v) is 10.1. The van der Waals surface area contributed by atoms with E-state index in [1.165, 1.54) is 11.8 Å². The molecule has 0 aliphatic heterocycles. The molecule has 0 saturated heterocycles. The summed E-state index contributed by atoms with van der Waals surface area (Å²) < 4.78 is 0. The number of hydrogen-bond acceptors (Lipinski definition) is 5. The molecule has 82 valence electrons. The number of aliphatic hydroxyl groups excluding tert-OH is 1. The summed E-state index contributed by atoms with van der Waals surface area (Å²) in [6, 6.07) is 0. The van der Waals surface area contributed by atoms with Crippen LogP contribution in [0.3, 0.4) is 0 Å². The summed E-state index contributed by atoms with van der Waals surface area (Å²) in [5, 5.41) is 8.98. The molecule has 0 fully saturated rings. The van der Waals surface area contributed by atoms with Crippen LogP contribution in [0, 0.1) is 0 Å². The van der Waals surface area contributed by atoms with Crippen molar-refractivity contribution >= 4 is 33.8 Å². The van der Waals surface area contributed by atoms with Gasteiger partial charge in [0.25, 0.3) is 0 Å². The smallest absolute Gasteiger partial charge is 0.189 e. The summed E-state index contributed by atoms with van der Waals surface area (Å²) in [7, 11) is 0. The van der Waals surface area contributed by atoms with E-state index in [0.29, 0.717) is 18.6 Å². The van der Waals surface area contributed by atoms with E-state index in [1.54, 1.807) is 13.8 Å². The Hall–Kier alpha value is -0.0000000000000000555. The van der Waals surface area contributed by atoms with E-state index in [2.05, 4.69) is 0 Å². The Morgan fingerprint density at radius 1 is 1.21 bits per heavy atom. The number of rotatable bonds is 6. The average molecular weight is 236 g/mol. The summed E-state index contributed by atoms with van der Waals surface area (Å²) in [5.41, 5.74) is 0. The van der Waals surface area contributed by atoms with E-state index in [1.807, 2.05) is 0 Å². The molecule has 0 aromatic carbocycles. The molecule has 0 aromatic heterocycles. The van der Waals surface area contributed by atoms with Crippen molar-refractivity contribution < 1.29 is 14.7 Å². The van der Waals surface area contributed by atoms with Crippen molar-refractivity contribution in [2.24, 2.45) is 0 Å². The second-order valence-electron chi connectivity index (χ2n) is 2.68. The van der Waals surface area contributed by atoms with Crippen LogP contribution >= 0.6 is 23.5 Å². The maximum atomic E-state index is 11.1. The van der Waals surface area contributed by atoms with Gasteiger partial charge >= 0.3 is 0 Å². The van der Waals surface area contributed by atoms with E-state index in [4.69, 9.17) is 5.11 Å². The molecule has 0 aromatic rings. The first-order valence-corrected chi connectivity index (χ1v) is 6.46. The molecule has 0 aliphatic carbocycles. The molecule has 14 heavy (non-hydrogen) atoms. The minimum absolute atomic E-state index is 0.0552. The van der Waals surface area contributed by atoms with Crippen molar-refractivity contribution in [3.63, 3.8) is 0 Å². The van der Waals surface area contributed by atoms with Crippen LogP contribution in [0.2, 0.25) is 0 Å². The predicted molar refractivity (Wildman–Crippen MR) is 61.5 cm³/mol. The molecule has 0 rings (SSSR count). The van der Waals surface area contributed by atoms with E-state index in [9.17, 15) is 9.59 Å². The number of carbonyl (C=O) groups excluding carboxylic acids is 2. The lowest BCUT2D eigenvalue weighted by Gasteiger charge is -2.10. The van der Waals surface area contributed by atoms with Crippen molar-refractivity contribution in [3.8, 4) is 0 Å². The molecule has 0 aliphatic rings. The molecule has 0 radical (unpaired) electrons. The second-order valence-corrected chi connectivity index (χ2v) is 5.12. The van der Waals surface area contributed by atoms with Crippen LogP contribution in [-0.4, -0.2) is 32.9 Å². The third kappa shape index (κ3) is 6.45. The highest BCUT2D eigenvalue weighted by Crippen LogP contribution is 2.19. The third-order valence-corrected chi connectivity index (χ3v) is 4.10. The topological polar surface area (TPSA) is 54.4 Å². The standard InChI is InChI=1S/C9H16O3S2/c1-3-8(11)13-6-7(5-10)14-9(12)4-2/h7,10H,3-6H2,1-2H3/t7-/m0/s1. The summed E-state index contributed by atoms with van der Waals surface area (Å²) in [5.74, 6) is 0.513. The predicted octanol–water partition coefficient (Wildman–Crippen LogP) is 1.69. The molecule has 0 heterocycles. The first kappa shape index (κ1) is 14.0. The van der Waals surface area contributed by atoms with Gasteiger partial charge in [0.1, 0.15) is 0 Å². The molecule has 0 amide bonds. The second kappa shape index (κ2) is 8.32. The Morgan fingerprint density at radius 2 is 1.79 bits per heavy atom. The summed E-state index contributed by atoms with van der Waals surface area (Å²) in [6.45, 7) is 3.53. The van der Waals surface area contributed by atoms with Gasteiger partial charge in [0, 0.05) is 23.8 Å². The highest BCUT2D eigenvalue weighted by atomic mass is 32.2. The van der Waals surface area contributed by atoms with Gasteiger partial charge in [-0.15, -0.1) is 0 Å². The highest BCUT2D eigenvalue weighted by molar-refractivity contribution is 8.17. The average Bonchev–Trinajstić information content (AvgIpc) is 2.22. The fourth-order valence-corrected chi connectivity index (χ4v) is 2.45. The van der Waals surface area contributed by atoms with Crippen molar-refractivity contribution in [2.75, 3.05) is 12.4 Å². The summed E-state index contributed by atoms with van der Waals surface area (Å²) >= 11 is 2.32. The van der Waals surface area contributed by atoms with Crippen molar-refractivity contribution in [1.82, 2.24) is 0 Å². The van der Waals surface area contributed by atoms with E-state index in [-0.39, 0.29) is 22.1 Å². The SMILES string of the molecule is CCC(=O)SC[C@H](CO)SC(=O)CC. The largest absolute Gasteiger partial charge is 0.395 e. The monoisotopic (exact) mass is 236 g/mol. The maximum Gasteiger partial charge on any atom is 0.189 e. The van der Waals surface area contributed by atoms with E-state index in [0.717, 1.165) is 11.8 Å². The van der Waals surface area contributed by atoms with Gasteiger partial charge in [-0.3, -0.25) is 9.59 Å².